The summed E-state index contributed by atoms with van der Waals surface area (Å²) >= 11 is 7.66. The van der Waals surface area contributed by atoms with Crippen molar-refractivity contribution in [3.63, 3.8) is 0 Å². The number of nitrogens with one attached hydrogen (secondary N) is 1. The van der Waals surface area contributed by atoms with E-state index in [0.29, 0.717) is 6.04 Å². The summed E-state index contributed by atoms with van der Waals surface area (Å²) in [6.07, 6.45) is 2.08. The van der Waals surface area contributed by atoms with Crippen LogP contribution >= 0.6 is 22.9 Å². The molecule has 0 aliphatic rings. The Morgan fingerprint density at radius 2 is 2.26 bits per heavy atom. The molecule has 19 heavy (non-hydrogen) atoms. The number of thiophene rings is 1. The summed E-state index contributed by atoms with van der Waals surface area (Å²) in [5, 5.41) is 8.04. The van der Waals surface area contributed by atoms with Crippen LogP contribution in [-0.2, 0) is 13.5 Å². The Morgan fingerprint density at radius 3 is 2.79 bits per heavy atom. The molecule has 5 heteroatoms. The van der Waals surface area contributed by atoms with Gasteiger partial charge in [0.05, 0.1) is 21.8 Å². The predicted molar refractivity (Wildman–Crippen MR) is 82.0 cm³/mol. The summed E-state index contributed by atoms with van der Waals surface area (Å²) in [7, 11) is 2.00. The molecule has 0 aliphatic heterocycles. The molecule has 1 N–H and O–H groups in total. The number of halogens is 1. The SMILES string of the molecule is CCCNC(Cc1ccc(Cl)s1)c1cc(C)nn1C. The molecule has 1 atom stereocenters. The van der Waals surface area contributed by atoms with Gasteiger partial charge in [-0.05, 0) is 38.1 Å². The standard InChI is InChI=1S/C14H20ClN3S/c1-4-7-16-12(9-11-5-6-14(15)19-11)13-8-10(2)17-18(13)3/h5-6,8,12,16H,4,7,9H2,1-3H3. The lowest BCUT2D eigenvalue weighted by Gasteiger charge is -2.18. The summed E-state index contributed by atoms with van der Waals surface area (Å²) in [4.78, 5) is 1.30. The Morgan fingerprint density at radius 1 is 1.47 bits per heavy atom. The summed E-state index contributed by atoms with van der Waals surface area (Å²) in [5.41, 5.74) is 2.29. The van der Waals surface area contributed by atoms with Crippen LogP contribution in [-0.4, -0.2) is 16.3 Å². The van der Waals surface area contributed by atoms with Crippen molar-refractivity contribution in [3.05, 3.63) is 38.8 Å². The fourth-order valence-corrected chi connectivity index (χ4v) is 3.35. The van der Waals surface area contributed by atoms with E-state index in [1.807, 2.05) is 24.7 Å². The normalized spacial score (nSPS) is 12.8. The molecular formula is C14H20ClN3S. The highest BCUT2D eigenvalue weighted by atomic mass is 35.5. The smallest absolute Gasteiger partial charge is 0.0931 e. The van der Waals surface area contributed by atoms with E-state index in [4.69, 9.17) is 11.6 Å². The zero-order chi connectivity index (χ0) is 13.8. The lowest BCUT2D eigenvalue weighted by Crippen LogP contribution is -2.25. The van der Waals surface area contributed by atoms with Gasteiger partial charge in [0, 0.05) is 18.3 Å². The van der Waals surface area contributed by atoms with Crippen LogP contribution < -0.4 is 5.32 Å². The summed E-state index contributed by atoms with van der Waals surface area (Å²) < 4.78 is 2.82. The van der Waals surface area contributed by atoms with Gasteiger partial charge in [0.1, 0.15) is 0 Å². The first kappa shape index (κ1) is 14.6. The number of hydrogen-bond acceptors (Lipinski definition) is 3. The van der Waals surface area contributed by atoms with Gasteiger partial charge in [-0.1, -0.05) is 18.5 Å². The molecule has 0 spiro atoms. The van der Waals surface area contributed by atoms with Crippen LogP contribution in [0.5, 0.6) is 0 Å². The van der Waals surface area contributed by atoms with Crippen LogP contribution in [0, 0.1) is 6.92 Å². The van der Waals surface area contributed by atoms with Gasteiger partial charge in [-0.3, -0.25) is 4.68 Å². The third-order valence-electron chi connectivity index (χ3n) is 3.07. The first-order valence-corrected chi connectivity index (χ1v) is 7.77. The van der Waals surface area contributed by atoms with Gasteiger partial charge >= 0.3 is 0 Å². The van der Waals surface area contributed by atoms with Gasteiger partial charge in [0.15, 0.2) is 0 Å². The molecule has 1 unspecified atom stereocenters. The minimum atomic E-state index is 0.292. The lowest BCUT2D eigenvalue weighted by molar-refractivity contribution is 0.495. The Labute approximate surface area is 123 Å². The van der Waals surface area contributed by atoms with Crippen molar-refractivity contribution < 1.29 is 0 Å². The highest BCUT2D eigenvalue weighted by Gasteiger charge is 2.17. The van der Waals surface area contributed by atoms with Crippen molar-refractivity contribution in [1.29, 1.82) is 0 Å². The van der Waals surface area contributed by atoms with Crippen LogP contribution in [0.15, 0.2) is 18.2 Å². The van der Waals surface area contributed by atoms with Crippen molar-refractivity contribution in [1.82, 2.24) is 15.1 Å². The third kappa shape index (κ3) is 3.81. The Bertz CT molecular complexity index is 533. The van der Waals surface area contributed by atoms with Crippen LogP contribution in [0.4, 0.5) is 0 Å². The Kier molecular flexibility index (Phi) is 5.02. The Hall–Kier alpha value is -0.840. The fraction of sp³-hybridized carbons (Fsp3) is 0.500. The molecule has 0 amide bonds. The molecule has 0 saturated heterocycles. The second-order valence-corrected chi connectivity index (χ2v) is 6.55. The van der Waals surface area contributed by atoms with Gasteiger partial charge in [0.25, 0.3) is 0 Å². The quantitative estimate of drug-likeness (QED) is 0.880. The van der Waals surface area contributed by atoms with Gasteiger partial charge in [-0.15, -0.1) is 11.3 Å². The summed E-state index contributed by atoms with van der Waals surface area (Å²) in [5.74, 6) is 0. The van der Waals surface area contributed by atoms with Crippen molar-refractivity contribution >= 4 is 22.9 Å². The predicted octanol–water partition coefficient (Wildman–Crippen LogP) is 3.73. The van der Waals surface area contributed by atoms with Crippen molar-refractivity contribution in [3.8, 4) is 0 Å². The molecule has 0 saturated carbocycles. The first-order chi connectivity index (χ1) is 9.10. The van der Waals surface area contributed by atoms with Crippen LogP contribution in [0.1, 0.15) is 35.7 Å². The van der Waals surface area contributed by atoms with Gasteiger partial charge < -0.3 is 5.32 Å². The molecule has 104 valence electrons. The minimum absolute atomic E-state index is 0.292. The number of aryl methyl sites for hydroxylation is 2. The van der Waals surface area contributed by atoms with E-state index < -0.39 is 0 Å². The average Bonchev–Trinajstić information content (AvgIpc) is 2.91. The van der Waals surface area contributed by atoms with Crippen molar-refractivity contribution in [2.45, 2.75) is 32.7 Å². The molecule has 0 fully saturated rings. The maximum absolute atomic E-state index is 6.01. The molecule has 2 aromatic rings. The molecule has 2 aromatic heterocycles. The molecule has 0 aromatic carbocycles. The zero-order valence-electron chi connectivity index (χ0n) is 11.6. The third-order valence-corrected chi connectivity index (χ3v) is 4.32. The minimum Gasteiger partial charge on any atom is -0.308 e. The molecule has 0 radical (unpaired) electrons. The Balaban J connectivity index is 2.18. The van der Waals surface area contributed by atoms with E-state index in [1.165, 1.54) is 10.6 Å². The number of nitrogens with zero attached hydrogens (tertiary/aromatic N) is 2. The molecule has 2 heterocycles. The topological polar surface area (TPSA) is 29.9 Å². The number of hydrogen-bond donors (Lipinski definition) is 1. The van der Waals surface area contributed by atoms with E-state index in [1.54, 1.807) is 11.3 Å². The fourth-order valence-electron chi connectivity index (χ4n) is 2.22. The second kappa shape index (κ2) is 6.55. The first-order valence-electron chi connectivity index (χ1n) is 6.58. The van der Waals surface area contributed by atoms with Crippen LogP contribution in [0.2, 0.25) is 4.34 Å². The summed E-state index contributed by atoms with van der Waals surface area (Å²) in [6.45, 7) is 5.22. The highest BCUT2D eigenvalue weighted by Crippen LogP contribution is 2.26. The number of rotatable bonds is 6. The molecule has 2 rings (SSSR count). The van der Waals surface area contributed by atoms with E-state index >= 15 is 0 Å². The average molecular weight is 298 g/mol. The number of aromatic nitrogens is 2. The van der Waals surface area contributed by atoms with Crippen molar-refractivity contribution in [2.24, 2.45) is 7.05 Å². The van der Waals surface area contributed by atoms with E-state index in [2.05, 4.69) is 29.5 Å². The van der Waals surface area contributed by atoms with E-state index in [0.717, 1.165) is 29.4 Å². The van der Waals surface area contributed by atoms with E-state index in [9.17, 15) is 0 Å². The summed E-state index contributed by atoms with van der Waals surface area (Å²) in [6, 6.07) is 6.52. The van der Waals surface area contributed by atoms with Gasteiger partial charge in [-0.25, -0.2) is 0 Å². The largest absolute Gasteiger partial charge is 0.308 e. The maximum Gasteiger partial charge on any atom is 0.0931 e. The maximum atomic E-state index is 6.01. The molecular weight excluding hydrogens is 278 g/mol. The van der Waals surface area contributed by atoms with Gasteiger partial charge in [-0.2, -0.15) is 5.10 Å². The zero-order valence-corrected chi connectivity index (χ0v) is 13.2. The molecule has 3 nitrogen and oxygen atoms in total. The molecule has 0 aliphatic carbocycles. The van der Waals surface area contributed by atoms with E-state index in [-0.39, 0.29) is 0 Å². The second-order valence-electron chi connectivity index (χ2n) is 4.75. The monoisotopic (exact) mass is 297 g/mol. The van der Waals surface area contributed by atoms with Crippen molar-refractivity contribution in [2.75, 3.05) is 6.54 Å². The molecule has 0 bridgehead atoms. The van der Waals surface area contributed by atoms with Crippen LogP contribution in [0.25, 0.3) is 0 Å². The lowest BCUT2D eigenvalue weighted by atomic mass is 10.1. The van der Waals surface area contributed by atoms with Crippen LogP contribution in [0.3, 0.4) is 0 Å². The van der Waals surface area contributed by atoms with Gasteiger partial charge in [0.2, 0.25) is 0 Å². The highest BCUT2D eigenvalue weighted by molar-refractivity contribution is 7.16.